The second-order valence-electron chi connectivity index (χ2n) is 6.60. The maximum Gasteiger partial charge on any atom is 0.305 e. The fourth-order valence-corrected chi connectivity index (χ4v) is 2.45. The Kier molecular flexibility index (Phi) is 9.23. The van der Waals surface area contributed by atoms with Crippen LogP contribution in [0, 0.1) is 0 Å². The SMILES string of the molecule is NC(=O)CC[C@H](N)C(=O)N[C@@H](Cc1ccc(O)cc1)C(=O)N[C@@H](CC(=O)O)C(N)=O. The lowest BCUT2D eigenvalue weighted by atomic mass is 10.0. The molecule has 0 aliphatic heterocycles. The molecule has 0 bridgehead atoms. The van der Waals surface area contributed by atoms with Crippen LogP contribution in [0.4, 0.5) is 0 Å². The van der Waals surface area contributed by atoms with Crippen LogP contribution in [-0.2, 0) is 30.4 Å². The molecule has 0 aliphatic rings. The number of nitrogens with two attached hydrogens (primary N) is 3. The number of amides is 4. The van der Waals surface area contributed by atoms with Crippen LogP contribution in [0.3, 0.4) is 0 Å². The van der Waals surface area contributed by atoms with Crippen molar-refractivity contribution in [2.45, 2.75) is 43.8 Å². The van der Waals surface area contributed by atoms with E-state index in [1.807, 2.05) is 0 Å². The van der Waals surface area contributed by atoms with E-state index in [-0.39, 0.29) is 25.0 Å². The van der Waals surface area contributed by atoms with Gasteiger partial charge in [0.05, 0.1) is 12.5 Å². The molecule has 30 heavy (non-hydrogen) atoms. The Labute approximate surface area is 171 Å². The van der Waals surface area contributed by atoms with Crippen molar-refractivity contribution in [3.05, 3.63) is 29.8 Å². The number of carbonyl (C=O) groups excluding carboxylic acids is 4. The van der Waals surface area contributed by atoms with Crippen LogP contribution < -0.4 is 27.8 Å². The van der Waals surface area contributed by atoms with E-state index in [4.69, 9.17) is 22.3 Å². The summed E-state index contributed by atoms with van der Waals surface area (Å²) in [4.78, 5) is 58.1. The van der Waals surface area contributed by atoms with Crippen molar-refractivity contribution < 1.29 is 34.2 Å². The maximum atomic E-state index is 12.6. The van der Waals surface area contributed by atoms with Gasteiger partial charge in [-0.1, -0.05) is 12.1 Å². The Morgan fingerprint density at radius 1 is 0.933 bits per heavy atom. The Morgan fingerprint density at radius 3 is 2.00 bits per heavy atom. The summed E-state index contributed by atoms with van der Waals surface area (Å²) >= 11 is 0. The third-order valence-corrected chi connectivity index (χ3v) is 4.09. The van der Waals surface area contributed by atoms with Gasteiger partial charge in [-0.25, -0.2) is 0 Å². The largest absolute Gasteiger partial charge is 0.508 e. The highest BCUT2D eigenvalue weighted by Crippen LogP contribution is 2.12. The van der Waals surface area contributed by atoms with E-state index in [2.05, 4.69) is 10.6 Å². The van der Waals surface area contributed by atoms with Crippen LogP contribution in [0.15, 0.2) is 24.3 Å². The predicted octanol–water partition coefficient (Wildman–Crippen LogP) is -2.54. The average Bonchev–Trinajstić information content (AvgIpc) is 2.65. The topological polar surface area (TPSA) is 228 Å². The van der Waals surface area contributed by atoms with Gasteiger partial charge in [0.1, 0.15) is 17.8 Å². The molecule has 12 heteroatoms. The zero-order chi connectivity index (χ0) is 22.8. The number of hydrogen-bond donors (Lipinski definition) is 7. The fraction of sp³-hybridized carbons (Fsp3) is 0.389. The number of phenolic OH excluding ortho intramolecular Hbond substituents is 1. The average molecular weight is 423 g/mol. The molecule has 0 heterocycles. The monoisotopic (exact) mass is 423 g/mol. The Bertz CT molecular complexity index is 797. The van der Waals surface area contributed by atoms with Crippen molar-refractivity contribution in [3.8, 4) is 5.75 Å². The first-order valence-electron chi connectivity index (χ1n) is 8.93. The third-order valence-electron chi connectivity index (χ3n) is 4.09. The standard InChI is InChI=1S/C18H25N5O7/c19-11(5-6-14(20)25)17(29)23-13(7-9-1-3-10(24)4-2-9)18(30)22-12(16(21)28)8-15(26)27/h1-4,11-13,24H,5-8,19H2,(H2,20,25)(H2,21,28)(H,22,30)(H,23,29)(H,26,27)/t11-,12-,13-/m0/s1. The molecule has 0 saturated carbocycles. The molecule has 10 N–H and O–H groups in total. The number of nitrogens with one attached hydrogen (secondary N) is 2. The normalized spacial score (nSPS) is 13.5. The van der Waals surface area contributed by atoms with Crippen molar-refractivity contribution in [2.24, 2.45) is 17.2 Å². The molecule has 1 rings (SSSR count). The second-order valence-corrected chi connectivity index (χ2v) is 6.60. The first-order chi connectivity index (χ1) is 14.0. The molecule has 1 aromatic carbocycles. The molecule has 0 radical (unpaired) electrons. The number of carbonyl (C=O) groups is 5. The van der Waals surface area contributed by atoms with E-state index in [1.165, 1.54) is 24.3 Å². The summed E-state index contributed by atoms with van der Waals surface area (Å²) in [5, 5.41) is 22.8. The molecule has 1 aromatic rings. The maximum absolute atomic E-state index is 12.6. The van der Waals surface area contributed by atoms with Crippen LogP contribution in [0.2, 0.25) is 0 Å². The van der Waals surface area contributed by atoms with Crippen LogP contribution in [-0.4, -0.2) is 57.9 Å². The van der Waals surface area contributed by atoms with Crippen LogP contribution in [0.5, 0.6) is 5.75 Å². The molecular weight excluding hydrogens is 398 g/mol. The summed E-state index contributed by atoms with van der Waals surface area (Å²) in [6.07, 6.45) is -0.971. The van der Waals surface area contributed by atoms with Gasteiger partial charge in [-0.2, -0.15) is 0 Å². The van der Waals surface area contributed by atoms with Gasteiger partial charge in [0.2, 0.25) is 23.6 Å². The first kappa shape index (κ1) is 24.4. The fourth-order valence-electron chi connectivity index (χ4n) is 2.45. The lowest BCUT2D eigenvalue weighted by molar-refractivity contribution is -0.140. The van der Waals surface area contributed by atoms with Gasteiger partial charge in [-0.05, 0) is 24.1 Å². The molecule has 4 amide bonds. The summed E-state index contributed by atoms with van der Waals surface area (Å²) in [7, 11) is 0. The van der Waals surface area contributed by atoms with Gasteiger partial charge in [-0.15, -0.1) is 0 Å². The Hall–Kier alpha value is -3.67. The second kappa shape index (κ2) is 11.4. The number of carboxylic acids is 1. The quantitative estimate of drug-likeness (QED) is 0.189. The zero-order valence-electron chi connectivity index (χ0n) is 16.0. The van der Waals surface area contributed by atoms with E-state index in [1.54, 1.807) is 0 Å². The number of carboxylic acid groups (broad SMARTS) is 1. The van der Waals surface area contributed by atoms with Gasteiger partial charge < -0.3 is 38.0 Å². The summed E-state index contributed by atoms with van der Waals surface area (Å²) in [6, 6.07) is 1.92. The Morgan fingerprint density at radius 2 is 1.50 bits per heavy atom. The summed E-state index contributed by atoms with van der Waals surface area (Å²) in [6.45, 7) is 0. The first-order valence-corrected chi connectivity index (χ1v) is 8.93. The van der Waals surface area contributed by atoms with Crippen LogP contribution in [0.25, 0.3) is 0 Å². The van der Waals surface area contributed by atoms with Gasteiger partial charge in [0.25, 0.3) is 0 Å². The van der Waals surface area contributed by atoms with Crippen LogP contribution >= 0.6 is 0 Å². The molecule has 0 aromatic heterocycles. The lowest BCUT2D eigenvalue weighted by Gasteiger charge is -2.23. The molecule has 3 atom stereocenters. The molecule has 12 nitrogen and oxygen atoms in total. The summed E-state index contributed by atoms with van der Waals surface area (Å²) in [5.74, 6) is -4.67. The molecular formula is C18H25N5O7. The van der Waals surface area contributed by atoms with Gasteiger partial charge in [0, 0.05) is 12.8 Å². The van der Waals surface area contributed by atoms with Crippen molar-refractivity contribution >= 4 is 29.6 Å². The van der Waals surface area contributed by atoms with Gasteiger partial charge in [0.15, 0.2) is 0 Å². The highest BCUT2D eigenvalue weighted by Gasteiger charge is 2.28. The van der Waals surface area contributed by atoms with Gasteiger partial charge >= 0.3 is 5.97 Å². The molecule has 0 fully saturated rings. The Balaban J connectivity index is 2.97. The van der Waals surface area contributed by atoms with Crippen molar-refractivity contribution in [1.29, 1.82) is 0 Å². The van der Waals surface area contributed by atoms with E-state index in [9.17, 15) is 29.1 Å². The summed E-state index contributed by atoms with van der Waals surface area (Å²) < 4.78 is 0. The minimum absolute atomic E-state index is 0.00693. The minimum Gasteiger partial charge on any atom is -0.508 e. The number of rotatable bonds is 12. The van der Waals surface area contributed by atoms with E-state index in [0.717, 1.165) is 0 Å². The number of primary amides is 2. The molecule has 0 spiro atoms. The van der Waals surface area contributed by atoms with E-state index in [0.29, 0.717) is 5.56 Å². The van der Waals surface area contributed by atoms with Crippen molar-refractivity contribution in [1.82, 2.24) is 10.6 Å². The lowest BCUT2D eigenvalue weighted by Crippen LogP contribution is -2.56. The predicted molar refractivity (Wildman–Crippen MR) is 104 cm³/mol. The number of benzene rings is 1. The van der Waals surface area contributed by atoms with Crippen molar-refractivity contribution in [3.63, 3.8) is 0 Å². The minimum atomic E-state index is -1.49. The number of aromatic hydroxyl groups is 1. The zero-order valence-corrected chi connectivity index (χ0v) is 16.0. The highest BCUT2D eigenvalue weighted by molar-refractivity contribution is 5.94. The highest BCUT2D eigenvalue weighted by atomic mass is 16.4. The number of phenols is 1. The molecule has 0 unspecified atom stereocenters. The van der Waals surface area contributed by atoms with Crippen LogP contribution in [0.1, 0.15) is 24.8 Å². The smallest absolute Gasteiger partial charge is 0.305 e. The van der Waals surface area contributed by atoms with Gasteiger partial charge in [-0.3, -0.25) is 24.0 Å². The van der Waals surface area contributed by atoms with E-state index >= 15 is 0 Å². The summed E-state index contributed by atoms with van der Waals surface area (Å²) in [5.41, 5.74) is 16.4. The number of aliphatic carboxylic acids is 1. The number of hydrogen-bond acceptors (Lipinski definition) is 7. The molecule has 0 aliphatic carbocycles. The molecule has 0 saturated heterocycles. The molecule has 164 valence electrons. The van der Waals surface area contributed by atoms with Crippen molar-refractivity contribution in [2.75, 3.05) is 0 Å². The third kappa shape index (κ3) is 8.56. The van der Waals surface area contributed by atoms with E-state index < -0.39 is 54.1 Å².